The summed E-state index contributed by atoms with van der Waals surface area (Å²) < 4.78 is 13.3. The number of rotatable bonds is 8. The molecule has 0 aliphatic rings. The van der Waals surface area contributed by atoms with Gasteiger partial charge in [0, 0.05) is 36.1 Å². The number of aromatic amines is 1. The molecular formula is C22H25FN4O. The maximum absolute atomic E-state index is 13.3. The predicted molar refractivity (Wildman–Crippen MR) is 109 cm³/mol. The van der Waals surface area contributed by atoms with Crippen LogP contribution in [0.4, 0.5) is 10.1 Å². The van der Waals surface area contributed by atoms with Gasteiger partial charge in [-0.05, 0) is 55.7 Å². The van der Waals surface area contributed by atoms with Crippen LogP contribution in [-0.2, 0) is 6.42 Å². The maximum atomic E-state index is 13.3. The van der Waals surface area contributed by atoms with Crippen LogP contribution in [0, 0.1) is 5.82 Å². The van der Waals surface area contributed by atoms with E-state index in [0.29, 0.717) is 17.8 Å². The lowest BCUT2D eigenvalue weighted by Gasteiger charge is -2.17. The Morgan fingerprint density at radius 3 is 2.71 bits per heavy atom. The first-order chi connectivity index (χ1) is 13.5. The lowest BCUT2D eigenvalue weighted by atomic mass is 10.1. The van der Waals surface area contributed by atoms with E-state index in [9.17, 15) is 9.18 Å². The van der Waals surface area contributed by atoms with Crippen molar-refractivity contribution in [3.8, 4) is 11.3 Å². The first-order valence-corrected chi connectivity index (χ1v) is 9.44. The van der Waals surface area contributed by atoms with Crippen LogP contribution in [0.3, 0.4) is 0 Å². The van der Waals surface area contributed by atoms with E-state index >= 15 is 0 Å². The molecule has 0 fully saturated rings. The second kappa shape index (κ2) is 9.17. The summed E-state index contributed by atoms with van der Waals surface area (Å²) in [6, 6.07) is 15.4. The van der Waals surface area contributed by atoms with Gasteiger partial charge in [0.1, 0.15) is 5.82 Å². The summed E-state index contributed by atoms with van der Waals surface area (Å²) in [6.07, 6.45) is 3.79. The minimum absolute atomic E-state index is 0.0133. The van der Waals surface area contributed by atoms with E-state index in [4.69, 9.17) is 5.73 Å². The highest BCUT2D eigenvalue weighted by Crippen LogP contribution is 2.19. The third-order valence-electron chi connectivity index (χ3n) is 4.67. The number of H-pyrrole nitrogens is 1. The van der Waals surface area contributed by atoms with Gasteiger partial charge in [0.05, 0.1) is 5.69 Å². The molecule has 3 rings (SSSR count). The number of aromatic nitrogens is 2. The molecule has 0 saturated heterocycles. The number of nitrogens with zero attached hydrogens (tertiary/aromatic N) is 2. The average molecular weight is 380 g/mol. The number of unbranched alkanes of at least 4 members (excludes halogenated alkanes) is 2. The molecule has 3 N–H and O–H groups in total. The van der Waals surface area contributed by atoms with E-state index in [1.165, 1.54) is 12.1 Å². The number of hydrogen-bond acceptors (Lipinski definition) is 3. The molecule has 0 spiro atoms. The number of benzene rings is 2. The monoisotopic (exact) mass is 380 g/mol. The molecule has 0 radical (unpaired) electrons. The van der Waals surface area contributed by atoms with Crippen LogP contribution >= 0.6 is 0 Å². The molecule has 2 aromatic carbocycles. The number of halogens is 1. The van der Waals surface area contributed by atoms with Crippen molar-refractivity contribution in [3.05, 3.63) is 71.7 Å². The lowest BCUT2D eigenvalue weighted by molar-refractivity contribution is 0.0792. The first kappa shape index (κ1) is 19.6. The number of hydrogen-bond donors (Lipinski definition) is 2. The van der Waals surface area contributed by atoms with Crippen LogP contribution in [0.25, 0.3) is 11.3 Å². The minimum atomic E-state index is -0.265. The molecule has 1 aromatic heterocycles. The Kier molecular flexibility index (Phi) is 6.42. The van der Waals surface area contributed by atoms with E-state index in [1.807, 2.05) is 19.2 Å². The molecule has 0 saturated carbocycles. The summed E-state index contributed by atoms with van der Waals surface area (Å²) in [4.78, 5) is 14.1. The van der Waals surface area contributed by atoms with Crippen LogP contribution in [0.1, 0.15) is 35.3 Å². The quantitative estimate of drug-likeness (QED) is 0.452. The van der Waals surface area contributed by atoms with E-state index in [0.717, 1.165) is 42.6 Å². The number of amides is 1. The minimum Gasteiger partial charge on any atom is -0.399 e. The Balaban J connectivity index is 1.41. The van der Waals surface area contributed by atoms with Gasteiger partial charge in [-0.15, -0.1) is 0 Å². The van der Waals surface area contributed by atoms with Crippen molar-refractivity contribution in [3.63, 3.8) is 0 Å². The Labute approximate surface area is 164 Å². The van der Waals surface area contributed by atoms with E-state index in [2.05, 4.69) is 10.2 Å². The summed E-state index contributed by atoms with van der Waals surface area (Å²) in [6.45, 7) is 0.700. The second-order valence-electron chi connectivity index (χ2n) is 6.95. The summed E-state index contributed by atoms with van der Waals surface area (Å²) >= 11 is 0. The van der Waals surface area contributed by atoms with E-state index < -0.39 is 0 Å². The zero-order chi connectivity index (χ0) is 19.9. The number of aryl methyl sites for hydroxylation is 1. The van der Waals surface area contributed by atoms with Gasteiger partial charge in [0.2, 0.25) is 0 Å². The molecule has 0 unspecified atom stereocenters. The van der Waals surface area contributed by atoms with Gasteiger partial charge in [-0.2, -0.15) is 5.10 Å². The molecule has 1 amide bonds. The molecule has 28 heavy (non-hydrogen) atoms. The Morgan fingerprint density at radius 1 is 1.11 bits per heavy atom. The van der Waals surface area contributed by atoms with Gasteiger partial charge in [-0.1, -0.05) is 24.6 Å². The Hall–Kier alpha value is -3.15. The van der Waals surface area contributed by atoms with Crippen molar-refractivity contribution in [1.29, 1.82) is 0 Å². The van der Waals surface area contributed by atoms with E-state index in [1.54, 1.807) is 35.2 Å². The van der Waals surface area contributed by atoms with Crippen molar-refractivity contribution in [2.24, 2.45) is 0 Å². The molecule has 0 atom stereocenters. The molecule has 1 heterocycles. The standard InChI is InChI=1S/C22H25FN4O/c1-27(22(28)17-8-6-10-19(24)14-17)12-4-2-3-11-20-15-21(26-25-20)16-7-5-9-18(23)13-16/h5-10,13-15H,2-4,11-12,24H2,1H3,(H,25,26). The largest absolute Gasteiger partial charge is 0.399 e. The SMILES string of the molecule is CN(CCCCCc1cc(-c2cccc(F)c2)n[nH]1)C(=O)c1cccc(N)c1. The number of carbonyl (C=O) groups excluding carboxylic acids is 1. The second-order valence-corrected chi connectivity index (χ2v) is 6.95. The van der Waals surface area contributed by atoms with Gasteiger partial charge in [-0.3, -0.25) is 9.89 Å². The molecule has 146 valence electrons. The maximum Gasteiger partial charge on any atom is 0.253 e. The number of nitrogen functional groups attached to an aromatic ring is 1. The van der Waals surface area contributed by atoms with Gasteiger partial charge in [0.15, 0.2) is 0 Å². The number of nitrogens with one attached hydrogen (secondary N) is 1. The van der Waals surface area contributed by atoms with Crippen LogP contribution in [0.5, 0.6) is 0 Å². The number of anilines is 1. The average Bonchev–Trinajstić information content (AvgIpc) is 3.16. The summed E-state index contributed by atoms with van der Waals surface area (Å²) in [5.41, 5.74) is 9.50. The zero-order valence-corrected chi connectivity index (χ0v) is 16.0. The van der Waals surface area contributed by atoms with Gasteiger partial charge in [-0.25, -0.2) is 4.39 Å². The highest BCUT2D eigenvalue weighted by Gasteiger charge is 2.11. The summed E-state index contributed by atoms with van der Waals surface area (Å²) in [5, 5.41) is 7.28. The predicted octanol–water partition coefficient (Wildman–Crippen LogP) is 4.28. The van der Waals surface area contributed by atoms with Crippen molar-refractivity contribution < 1.29 is 9.18 Å². The van der Waals surface area contributed by atoms with Crippen molar-refractivity contribution in [2.75, 3.05) is 19.3 Å². The van der Waals surface area contributed by atoms with Crippen LogP contribution in [-0.4, -0.2) is 34.6 Å². The Morgan fingerprint density at radius 2 is 1.93 bits per heavy atom. The van der Waals surface area contributed by atoms with Crippen LogP contribution in [0.15, 0.2) is 54.6 Å². The highest BCUT2D eigenvalue weighted by molar-refractivity contribution is 5.94. The molecule has 5 nitrogen and oxygen atoms in total. The molecular weight excluding hydrogens is 355 g/mol. The smallest absolute Gasteiger partial charge is 0.253 e. The molecule has 6 heteroatoms. The normalized spacial score (nSPS) is 10.8. The molecule has 0 aliphatic carbocycles. The third-order valence-corrected chi connectivity index (χ3v) is 4.67. The van der Waals surface area contributed by atoms with Gasteiger partial charge in [0.25, 0.3) is 5.91 Å². The fraction of sp³-hybridized carbons (Fsp3) is 0.273. The zero-order valence-electron chi connectivity index (χ0n) is 16.0. The molecule has 3 aromatic rings. The molecule has 0 aliphatic heterocycles. The van der Waals surface area contributed by atoms with Gasteiger partial charge >= 0.3 is 0 Å². The Bertz CT molecular complexity index is 938. The van der Waals surface area contributed by atoms with Crippen LogP contribution in [0.2, 0.25) is 0 Å². The first-order valence-electron chi connectivity index (χ1n) is 9.44. The highest BCUT2D eigenvalue weighted by atomic mass is 19.1. The summed E-state index contributed by atoms with van der Waals surface area (Å²) in [7, 11) is 1.81. The summed E-state index contributed by atoms with van der Waals surface area (Å²) in [5.74, 6) is -0.278. The van der Waals surface area contributed by atoms with Gasteiger partial charge < -0.3 is 10.6 Å². The number of nitrogens with two attached hydrogens (primary N) is 1. The lowest BCUT2D eigenvalue weighted by Crippen LogP contribution is -2.27. The fourth-order valence-corrected chi connectivity index (χ4v) is 3.12. The number of carbonyl (C=O) groups is 1. The van der Waals surface area contributed by atoms with Crippen molar-refractivity contribution in [1.82, 2.24) is 15.1 Å². The van der Waals surface area contributed by atoms with Crippen molar-refractivity contribution >= 4 is 11.6 Å². The molecule has 0 bridgehead atoms. The third kappa shape index (κ3) is 5.19. The van der Waals surface area contributed by atoms with Crippen molar-refractivity contribution in [2.45, 2.75) is 25.7 Å². The van der Waals surface area contributed by atoms with E-state index in [-0.39, 0.29) is 11.7 Å². The topological polar surface area (TPSA) is 75.0 Å². The fourth-order valence-electron chi connectivity index (χ4n) is 3.12. The van der Waals surface area contributed by atoms with Crippen LogP contribution < -0.4 is 5.73 Å².